The fourth-order valence-electron chi connectivity index (χ4n) is 1.80. The third-order valence-corrected chi connectivity index (χ3v) is 4.31. The molecule has 21 heavy (non-hydrogen) atoms. The van der Waals surface area contributed by atoms with E-state index < -0.39 is 39.0 Å². The van der Waals surface area contributed by atoms with Gasteiger partial charge >= 0.3 is 6.18 Å². The second-order valence-electron chi connectivity index (χ2n) is 4.24. The van der Waals surface area contributed by atoms with E-state index >= 15 is 0 Å². The predicted octanol–water partition coefficient (Wildman–Crippen LogP) is 1.99. The van der Waals surface area contributed by atoms with Gasteiger partial charge in [0.05, 0.1) is 16.5 Å². The highest BCUT2D eigenvalue weighted by Gasteiger charge is 2.37. The standard InChI is InChI=1S/C12H16F3NO4S/c1-8(11(19-2)20-3)16-21(17,18)10-7-5-4-6-9(10)12(13,14)15/h4-8,11,16H,1-3H3. The Morgan fingerprint density at radius 3 is 2.14 bits per heavy atom. The molecule has 0 bridgehead atoms. The van der Waals surface area contributed by atoms with Gasteiger partial charge in [-0.15, -0.1) is 0 Å². The number of methoxy groups -OCH3 is 2. The SMILES string of the molecule is COC(OC)C(C)NS(=O)(=O)c1ccccc1C(F)(F)F. The Morgan fingerprint density at radius 1 is 1.14 bits per heavy atom. The molecule has 0 amide bonds. The molecule has 1 N–H and O–H groups in total. The summed E-state index contributed by atoms with van der Waals surface area (Å²) in [7, 11) is -1.78. The maximum atomic E-state index is 12.9. The fourth-order valence-corrected chi connectivity index (χ4v) is 3.26. The molecule has 0 saturated heterocycles. The molecule has 1 aromatic carbocycles. The monoisotopic (exact) mass is 327 g/mol. The highest BCUT2D eigenvalue weighted by atomic mass is 32.2. The van der Waals surface area contributed by atoms with Crippen LogP contribution in [0.25, 0.3) is 0 Å². The zero-order valence-electron chi connectivity index (χ0n) is 11.6. The first-order chi connectivity index (χ1) is 9.63. The second-order valence-corrected chi connectivity index (χ2v) is 5.93. The lowest BCUT2D eigenvalue weighted by Crippen LogP contribution is -2.43. The molecule has 0 aliphatic heterocycles. The molecule has 0 aliphatic rings. The van der Waals surface area contributed by atoms with E-state index in [2.05, 4.69) is 4.72 Å². The summed E-state index contributed by atoms with van der Waals surface area (Å²) in [6.45, 7) is 1.42. The smallest absolute Gasteiger partial charge is 0.354 e. The molecule has 1 aromatic rings. The highest BCUT2D eigenvalue weighted by molar-refractivity contribution is 7.89. The molecular weight excluding hydrogens is 311 g/mol. The summed E-state index contributed by atoms with van der Waals surface area (Å²) in [4.78, 5) is -0.838. The van der Waals surface area contributed by atoms with Crippen LogP contribution in [0.4, 0.5) is 13.2 Å². The summed E-state index contributed by atoms with van der Waals surface area (Å²) < 4.78 is 74.7. The van der Waals surface area contributed by atoms with Crippen LogP contribution >= 0.6 is 0 Å². The van der Waals surface area contributed by atoms with Gasteiger partial charge in [0.1, 0.15) is 0 Å². The van der Waals surface area contributed by atoms with E-state index in [4.69, 9.17) is 9.47 Å². The van der Waals surface area contributed by atoms with Crippen molar-refractivity contribution in [2.24, 2.45) is 0 Å². The van der Waals surface area contributed by atoms with Crippen LogP contribution in [0.1, 0.15) is 12.5 Å². The van der Waals surface area contributed by atoms with Gasteiger partial charge in [0, 0.05) is 14.2 Å². The van der Waals surface area contributed by atoms with E-state index in [0.717, 1.165) is 12.1 Å². The first-order valence-electron chi connectivity index (χ1n) is 5.87. The lowest BCUT2D eigenvalue weighted by molar-refractivity contribution is -0.139. The summed E-state index contributed by atoms with van der Waals surface area (Å²) in [5, 5.41) is 0. The first-order valence-corrected chi connectivity index (χ1v) is 7.36. The molecule has 1 unspecified atom stereocenters. The number of ether oxygens (including phenoxy) is 2. The number of halogens is 3. The van der Waals surface area contributed by atoms with E-state index in [9.17, 15) is 21.6 Å². The van der Waals surface area contributed by atoms with Crippen LogP contribution < -0.4 is 4.72 Å². The molecule has 0 aromatic heterocycles. The largest absolute Gasteiger partial charge is 0.417 e. The van der Waals surface area contributed by atoms with Crippen molar-refractivity contribution in [2.45, 2.75) is 30.3 Å². The van der Waals surface area contributed by atoms with Gasteiger partial charge in [-0.2, -0.15) is 13.2 Å². The normalized spacial score (nSPS) is 14.4. The van der Waals surface area contributed by atoms with Crippen molar-refractivity contribution < 1.29 is 31.1 Å². The lowest BCUT2D eigenvalue weighted by Gasteiger charge is -2.23. The van der Waals surface area contributed by atoms with Crippen LogP contribution in [0.5, 0.6) is 0 Å². The van der Waals surface area contributed by atoms with Crippen LogP contribution in [0.2, 0.25) is 0 Å². The topological polar surface area (TPSA) is 64.6 Å². The third-order valence-electron chi connectivity index (χ3n) is 2.70. The Bertz CT molecular complexity index is 570. The maximum Gasteiger partial charge on any atom is 0.417 e. The van der Waals surface area contributed by atoms with Gasteiger partial charge in [0.2, 0.25) is 10.0 Å². The fraction of sp³-hybridized carbons (Fsp3) is 0.500. The average molecular weight is 327 g/mol. The predicted molar refractivity (Wildman–Crippen MR) is 69.0 cm³/mol. The molecule has 120 valence electrons. The van der Waals surface area contributed by atoms with Gasteiger partial charge in [0.15, 0.2) is 6.29 Å². The number of hydrogen-bond donors (Lipinski definition) is 1. The molecular formula is C12H16F3NO4S. The van der Waals surface area contributed by atoms with Crippen molar-refractivity contribution in [3.63, 3.8) is 0 Å². The Balaban J connectivity index is 3.15. The van der Waals surface area contributed by atoms with Crippen LogP contribution in [0.15, 0.2) is 29.2 Å². The molecule has 0 heterocycles. The summed E-state index contributed by atoms with van der Waals surface area (Å²) in [6, 6.07) is 3.08. The maximum absolute atomic E-state index is 12.9. The first kappa shape index (κ1) is 17.9. The molecule has 0 radical (unpaired) electrons. The Labute approximate surface area is 121 Å². The van der Waals surface area contributed by atoms with Crippen molar-refractivity contribution in [1.82, 2.24) is 4.72 Å². The van der Waals surface area contributed by atoms with Crippen LogP contribution in [-0.4, -0.2) is 35.0 Å². The Hall–Kier alpha value is -1.16. The van der Waals surface area contributed by atoms with E-state index in [1.165, 1.54) is 27.2 Å². The number of sulfonamides is 1. The summed E-state index contributed by atoms with van der Waals surface area (Å²) in [5.41, 5.74) is -1.23. The Kier molecular flexibility index (Phi) is 5.74. The highest BCUT2D eigenvalue weighted by Crippen LogP contribution is 2.33. The van der Waals surface area contributed by atoms with Gasteiger partial charge in [-0.1, -0.05) is 12.1 Å². The molecule has 9 heteroatoms. The van der Waals surface area contributed by atoms with Crippen molar-refractivity contribution in [1.29, 1.82) is 0 Å². The summed E-state index contributed by atoms with van der Waals surface area (Å²) in [6.07, 6.45) is -5.69. The van der Waals surface area contributed by atoms with Crippen molar-refractivity contribution in [3.05, 3.63) is 29.8 Å². The number of hydrogen-bond acceptors (Lipinski definition) is 4. The second kappa shape index (κ2) is 6.73. The number of benzene rings is 1. The minimum atomic E-state index is -4.77. The van der Waals surface area contributed by atoms with E-state index in [0.29, 0.717) is 6.07 Å². The molecule has 5 nitrogen and oxygen atoms in total. The van der Waals surface area contributed by atoms with E-state index in [-0.39, 0.29) is 0 Å². The summed E-state index contributed by atoms with van der Waals surface area (Å²) in [5.74, 6) is 0. The van der Waals surface area contributed by atoms with Crippen LogP contribution in [-0.2, 0) is 25.7 Å². The van der Waals surface area contributed by atoms with Crippen LogP contribution in [0.3, 0.4) is 0 Å². The van der Waals surface area contributed by atoms with Gasteiger partial charge in [-0.3, -0.25) is 0 Å². The number of alkyl halides is 3. The molecule has 0 aliphatic carbocycles. The number of nitrogens with one attached hydrogen (secondary N) is 1. The van der Waals surface area contributed by atoms with Crippen molar-refractivity contribution in [2.75, 3.05) is 14.2 Å². The molecule has 1 rings (SSSR count). The van der Waals surface area contributed by atoms with Gasteiger partial charge in [-0.25, -0.2) is 13.1 Å². The number of rotatable bonds is 6. The van der Waals surface area contributed by atoms with E-state index in [1.807, 2.05) is 0 Å². The van der Waals surface area contributed by atoms with Crippen molar-refractivity contribution in [3.8, 4) is 0 Å². The minimum absolute atomic E-state index is 0.712. The average Bonchev–Trinajstić information content (AvgIpc) is 2.38. The quantitative estimate of drug-likeness (QED) is 0.812. The van der Waals surface area contributed by atoms with Gasteiger partial charge < -0.3 is 9.47 Å². The van der Waals surface area contributed by atoms with Gasteiger partial charge in [0.25, 0.3) is 0 Å². The van der Waals surface area contributed by atoms with Crippen molar-refractivity contribution >= 4 is 10.0 Å². The zero-order valence-corrected chi connectivity index (χ0v) is 12.5. The van der Waals surface area contributed by atoms with Crippen LogP contribution in [0, 0.1) is 0 Å². The minimum Gasteiger partial charge on any atom is -0.354 e. The zero-order chi connectivity index (χ0) is 16.3. The molecule has 0 spiro atoms. The summed E-state index contributed by atoms with van der Waals surface area (Å²) >= 11 is 0. The molecule has 0 saturated carbocycles. The Morgan fingerprint density at radius 2 is 1.67 bits per heavy atom. The lowest BCUT2D eigenvalue weighted by atomic mass is 10.2. The van der Waals surface area contributed by atoms with E-state index in [1.54, 1.807) is 0 Å². The third kappa shape index (κ3) is 4.40. The van der Waals surface area contributed by atoms with Gasteiger partial charge in [-0.05, 0) is 19.1 Å². The molecule has 1 atom stereocenters. The molecule has 0 fully saturated rings.